The summed E-state index contributed by atoms with van der Waals surface area (Å²) in [6.07, 6.45) is 5.43. The van der Waals surface area contributed by atoms with Crippen molar-refractivity contribution in [3.05, 3.63) is 89.6 Å². The SMILES string of the molecule is CSCCC(NC(=O)c1cccc(C(C)(C)CNC(=O)OC(C)(C)C)c1)C(=O)Nc1nc(-c2cccc(-c3ccncc3)c2)cs1. The second-order valence-corrected chi connectivity index (χ2v) is 14.3. The van der Waals surface area contributed by atoms with Crippen molar-refractivity contribution in [1.29, 1.82) is 0 Å². The molecule has 9 nitrogen and oxygen atoms in total. The summed E-state index contributed by atoms with van der Waals surface area (Å²) in [6.45, 7) is 9.71. The summed E-state index contributed by atoms with van der Waals surface area (Å²) in [7, 11) is 0. The topological polar surface area (TPSA) is 122 Å². The minimum absolute atomic E-state index is 0.315. The molecular formula is C35H41N5O4S2. The Bertz CT molecular complexity index is 1650. The van der Waals surface area contributed by atoms with Crippen LogP contribution in [0.3, 0.4) is 0 Å². The third-order valence-corrected chi connectivity index (χ3v) is 8.52. The summed E-state index contributed by atoms with van der Waals surface area (Å²) >= 11 is 2.94. The van der Waals surface area contributed by atoms with Crippen LogP contribution < -0.4 is 16.0 Å². The summed E-state index contributed by atoms with van der Waals surface area (Å²) in [4.78, 5) is 47.8. The average Bonchev–Trinajstić information content (AvgIpc) is 3.50. The van der Waals surface area contributed by atoms with Crippen molar-refractivity contribution in [1.82, 2.24) is 20.6 Å². The molecule has 3 N–H and O–H groups in total. The molecule has 4 aromatic rings. The maximum absolute atomic E-state index is 13.4. The highest BCUT2D eigenvalue weighted by atomic mass is 32.2. The van der Waals surface area contributed by atoms with E-state index in [4.69, 9.17) is 4.74 Å². The van der Waals surface area contributed by atoms with Gasteiger partial charge in [0.05, 0.1) is 5.69 Å². The highest BCUT2D eigenvalue weighted by Gasteiger charge is 2.26. The van der Waals surface area contributed by atoms with Crippen LogP contribution in [0.1, 0.15) is 57.0 Å². The van der Waals surface area contributed by atoms with Crippen LogP contribution in [0.4, 0.5) is 9.93 Å². The Kier molecular flexibility index (Phi) is 11.6. The van der Waals surface area contributed by atoms with E-state index in [1.807, 2.05) is 82.7 Å². The van der Waals surface area contributed by atoms with Gasteiger partial charge in [-0.3, -0.25) is 14.6 Å². The van der Waals surface area contributed by atoms with Gasteiger partial charge in [-0.2, -0.15) is 11.8 Å². The lowest BCUT2D eigenvalue weighted by atomic mass is 9.83. The summed E-state index contributed by atoms with van der Waals surface area (Å²) < 4.78 is 5.36. The van der Waals surface area contributed by atoms with E-state index in [2.05, 4.69) is 32.0 Å². The molecule has 0 aliphatic heterocycles. The van der Waals surface area contributed by atoms with Gasteiger partial charge in [0.15, 0.2) is 5.13 Å². The zero-order valence-electron chi connectivity index (χ0n) is 27.0. The smallest absolute Gasteiger partial charge is 0.407 e. The molecule has 242 valence electrons. The molecule has 2 aromatic carbocycles. The molecule has 0 radical (unpaired) electrons. The molecule has 4 rings (SSSR count). The Labute approximate surface area is 279 Å². The van der Waals surface area contributed by atoms with Gasteiger partial charge in [-0.25, -0.2) is 9.78 Å². The van der Waals surface area contributed by atoms with Crippen molar-refractivity contribution in [3.63, 3.8) is 0 Å². The van der Waals surface area contributed by atoms with E-state index in [9.17, 15) is 14.4 Å². The molecule has 0 aliphatic rings. The standard InChI is InChI=1S/C35H41N5O4S2/c1-34(2,3)44-33(43)37-22-35(4,5)27-12-8-11-26(20-27)30(41)38-28(15-18-45-6)31(42)40-32-39-29(21-46-32)25-10-7-9-24(19-25)23-13-16-36-17-14-23/h7-14,16-17,19-21,28H,15,18,22H2,1-6H3,(H,37,43)(H,38,41)(H,39,40,42). The fraction of sp³-hybridized carbons (Fsp3) is 0.343. The molecule has 46 heavy (non-hydrogen) atoms. The molecule has 0 fully saturated rings. The molecular weight excluding hydrogens is 619 g/mol. The molecule has 0 spiro atoms. The van der Waals surface area contributed by atoms with E-state index < -0.39 is 23.2 Å². The molecule has 11 heteroatoms. The van der Waals surface area contributed by atoms with Crippen molar-refractivity contribution < 1.29 is 19.1 Å². The lowest BCUT2D eigenvalue weighted by Crippen LogP contribution is -2.44. The van der Waals surface area contributed by atoms with Gasteiger partial charge < -0.3 is 20.7 Å². The van der Waals surface area contributed by atoms with Crippen LogP contribution in [0.2, 0.25) is 0 Å². The van der Waals surface area contributed by atoms with Gasteiger partial charge in [-0.15, -0.1) is 11.3 Å². The number of amides is 3. The lowest BCUT2D eigenvalue weighted by molar-refractivity contribution is -0.118. The highest BCUT2D eigenvalue weighted by Crippen LogP contribution is 2.29. The normalized spacial score (nSPS) is 12.2. The predicted octanol–water partition coefficient (Wildman–Crippen LogP) is 7.16. The second-order valence-electron chi connectivity index (χ2n) is 12.5. The van der Waals surface area contributed by atoms with Crippen LogP contribution in [0.5, 0.6) is 0 Å². The minimum Gasteiger partial charge on any atom is -0.444 e. The van der Waals surface area contributed by atoms with Gasteiger partial charge in [-0.05, 0) is 86.2 Å². The number of carbonyl (C=O) groups is 3. The van der Waals surface area contributed by atoms with E-state index >= 15 is 0 Å². The van der Waals surface area contributed by atoms with Gasteiger partial charge in [0.2, 0.25) is 5.91 Å². The molecule has 3 amide bonds. The zero-order chi connectivity index (χ0) is 33.3. The first-order valence-electron chi connectivity index (χ1n) is 15.0. The zero-order valence-corrected chi connectivity index (χ0v) is 28.7. The second kappa shape index (κ2) is 15.4. The van der Waals surface area contributed by atoms with Crippen LogP contribution in [0.15, 0.2) is 78.4 Å². The highest BCUT2D eigenvalue weighted by molar-refractivity contribution is 7.98. The summed E-state index contributed by atoms with van der Waals surface area (Å²) in [6, 6.07) is 18.4. The largest absolute Gasteiger partial charge is 0.444 e. The van der Waals surface area contributed by atoms with E-state index in [-0.39, 0.29) is 11.8 Å². The van der Waals surface area contributed by atoms with E-state index in [1.54, 1.807) is 42.4 Å². The first-order chi connectivity index (χ1) is 21.8. The van der Waals surface area contributed by atoms with E-state index in [0.29, 0.717) is 29.4 Å². The van der Waals surface area contributed by atoms with Crippen LogP contribution in [-0.4, -0.2) is 58.1 Å². The third kappa shape index (κ3) is 9.89. The van der Waals surface area contributed by atoms with Gasteiger partial charge in [0.1, 0.15) is 11.6 Å². The number of thiazole rings is 1. The molecule has 0 saturated heterocycles. The Hall–Kier alpha value is -4.22. The molecule has 1 unspecified atom stereocenters. The number of ether oxygens (including phenoxy) is 1. The number of aromatic nitrogens is 2. The number of anilines is 1. The van der Waals surface area contributed by atoms with Crippen molar-refractivity contribution in [2.75, 3.05) is 23.9 Å². The van der Waals surface area contributed by atoms with Gasteiger partial charge in [0.25, 0.3) is 5.91 Å². The van der Waals surface area contributed by atoms with Crippen LogP contribution >= 0.6 is 23.1 Å². The van der Waals surface area contributed by atoms with Gasteiger partial charge >= 0.3 is 6.09 Å². The number of hydrogen-bond donors (Lipinski definition) is 3. The average molecular weight is 660 g/mol. The maximum Gasteiger partial charge on any atom is 0.407 e. The quantitative estimate of drug-likeness (QED) is 0.147. The fourth-order valence-electron chi connectivity index (χ4n) is 4.60. The molecule has 2 aromatic heterocycles. The van der Waals surface area contributed by atoms with Crippen LogP contribution in [0.25, 0.3) is 22.4 Å². The molecule has 0 saturated carbocycles. The van der Waals surface area contributed by atoms with Crippen molar-refractivity contribution in [2.45, 2.75) is 58.1 Å². The predicted molar refractivity (Wildman–Crippen MR) is 187 cm³/mol. The lowest BCUT2D eigenvalue weighted by Gasteiger charge is -2.27. The van der Waals surface area contributed by atoms with E-state index in [1.165, 1.54) is 11.3 Å². The number of benzene rings is 2. The number of carbonyl (C=O) groups excluding carboxylic acids is 3. The molecule has 0 aliphatic carbocycles. The van der Waals surface area contributed by atoms with Gasteiger partial charge in [0, 0.05) is 40.9 Å². The first kappa shape index (κ1) is 34.6. The number of nitrogens with one attached hydrogen (secondary N) is 3. The third-order valence-electron chi connectivity index (χ3n) is 7.12. The number of rotatable bonds is 12. The van der Waals surface area contributed by atoms with Crippen molar-refractivity contribution in [2.24, 2.45) is 0 Å². The maximum atomic E-state index is 13.4. The Morgan fingerprint density at radius 3 is 2.37 bits per heavy atom. The molecule has 2 heterocycles. The Morgan fingerprint density at radius 1 is 0.935 bits per heavy atom. The molecule has 0 bridgehead atoms. The van der Waals surface area contributed by atoms with Crippen LogP contribution in [-0.2, 0) is 14.9 Å². The van der Waals surface area contributed by atoms with Crippen molar-refractivity contribution >= 4 is 46.1 Å². The Balaban J connectivity index is 1.42. The van der Waals surface area contributed by atoms with Gasteiger partial charge in [-0.1, -0.05) is 44.2 Å². The fourth-order valence-corrected chi connectivity index (χ4v) is 5.79. The Morgan fingerprint density at radius 2 is 1.65 bits per heavy atom. The number of thioether (sulfide) groups is 1. The van der Waals surface area contributed by atoms with E-state index in [0.717, 1.165) is 27.9 Å². The summed E-state index contributed by atoms with van der Waals surface area (Å²) in [5.41, 5.74) is 4.00. The minimum atomic E-state index is -0.757. The number of pyridine rings is 1. The van der Waals surface area contributed by atoms with Crippen molar-refractivity contribution in [3.8, 4) is 22.4 Å². The molecule has 1 atom stereocenters. The number of alkyl carbamates (subject to hydrolysis) is 1. The first-order valence-corrected chi connectivity index (χ1v) is 17.3. The number of hydrogen-bond acceptors (Lipinski definition) is 8. The summed E-state index contributed by atoms with van der Waals surface area (Å²) in [5.74, 6) is 0.00538. The monoisotopic (exact) mass is 659 g/mol. The summed E-state index contributed by atoms with van der Waals surface area (Å²) in [5, 5.41) is 11.0. The van der Waals surface area contributed by atoms with Crippen LogP contribution in [0, 0.1) is 0 Å². The number of nitrogens with zero attached hydrogens (tertiary/aromatic N) is 2.